The van der Waals surface area contributed by atoms with Gasteiger partial charge in [0.25, 0.3) is 5.56 Å². The molecule has 1 aliphatic rings. The van der Waals surface area contributed by atoms with Crippen LogP contribution in [0.1, 0.15) is 5.56 Å². The average Bonchev–Trinajstić information content (AvgIpc) is 2.69. The minimum Gasteiger partial charge on any atom is -0.339 e. The quantitative estimate of drug-likeness (QED) is 0.695. The molecule has 1 aromatic heterocycles. The molecule has 0 aliphatic carbocycles. The van der Waals surface area contributed by atoms with E-state index in [9.17, 15) is 31.2 Å². The summed E-state index contributed by atoms with van der Waals surface area (Å²) in [6.45, 7) is -0.326. The molecule has 162 valence electrons. The van der Waals surface area contributed by atoms with Crippen LogP contribution in [0.2, 0.25) is 5.02 Å². The number of benzene rings is 1. The largest absolute Gasteiger partial charge is 0.416 e. The number of hydrogen-bond acceptors (Lipinski definition) is 4. The van der Waals surface area contributed by atoms with Crippen molar-refractivity contribution in [2.45, 2.75) is 17.6 Å². The molecular weight excluding hydrogens is 447 g/mol. The van der Waals surface area contributed by atoms with Gasteiger partial charge in [0.05, 0.1) is 10.6 Å². The minimum atomic E-state index is -4.71. The Hall–Kier alpha value is -2.37. The first-order valence-electron chi connectivity index (χ1n) is 8.80. The molecule has 2 aromatic rings. The van der Waals surface area contributed by atoms with Gasteiger partial charge in [-0.05, 0) is 24.3 Å². The summed E-state index contributed by atoms with van der Waals surface area (Å²) in [6.07, 6.45) is -3.24. The van der Waals surface area contributed by atoms with E-state index in [2.05, 4.69) is 0 Å². The van der Waals surface area contributed by atoms with Crippen LogP contribution in [0.25, 0.3) is 0 Å². The molecule has 0 radical (unpaired) electrons. The number of halogens is 4. The molecule has 12 heteroatoms. The topological polar surface area (TPSA) is 79.7 Å². The maximum Gasteiger partial charge on any atom is 0.416 e. The van der Waals surface area contributed by atoms with Crippen molar-refractivity contribution in [1.82, 2.24) is 13.8 Å². The predicted molar refractivity (Wildman–Crippen MR) is 102 cm³/mol. The molecule has 1 aliphatic heterocycles. The molecule has 1 saturated heterocycles. The fraction of sp³-hybridized carbons (Fsp3) is 0.333. The Morgan fingerprint density at radius 3 is 2.33 bits per heavy atom. The standard InChI is InChI=1S/C18H17ClF3N3O4S/c19-14-5-4-13(18(20,21)22)11-15(14)30(28,29)25-9-7-23(8-10-25)17(27)12-24-6-2-1-3-16(24)26/h1-6,11H,7-10,12H2. The lowest BCUT2D eigenvalue weighted by Gasteiger charge is -2.34. The summed E-state index contributed by atoms with van der Waals surface area (Å²) in [5, 5.41) is -0.315. The molecule has 0 unspecified atom stereocenters. The highest BCUT2D eigenvalue weighted by molar-refractivity contribution is 7.89. The molecule has 2 heterocycles. The highest BCUT2D eigenvalue weighted by Gasteiger charge is 2.35. The number of sulfonamides is 1. The van der Waals surface area contributed by atoms with Crippen LogP contribution in [-0.2, 0) is 27.5 Å². The Kier molecular flexibility index (Phi) is 6.25. The molecule has 0 saturated carbocycles. The molecule has 1 amide bonds. The maximum absolute atomic E-state index is 13.0. The van der Waals surface area contributed by atoms with E-state index in [1.807, 2.05) is 0 Å². The van der Waals surface area contributed by atoms with Crippen molar-refractivity contribution in [3.8, 4) is 0 Å². The van der Waals surface area contributed by atoms with Crippen LogP contribution in [0, 0.1) is 0 Å². The molecule has 0 atom stereocenters. The number of hydrogen-bond donors (Lipinski definition) is 0. The third-order valence-electron chi connectivity index (χ3n) is 4.67. The number of piperazine rings is 1. The lowest BCUT2D eigenvalue weighted by atomic mass is 10.2. The Balaban J connectivity index is 1.72. The Morgan fingerprint density at radius 1 is 1.07 bits per heavy atom. The van der Waals surface area contributed by atoms with Crippen LogP contribution >= 0.6 is 11.6 Å². The Labute approximate surface area is 175 Å². The maximum atomic E-state index is 13.0. The highest BCUT2D eigenvalue weighted by Crippen LogP contribution is 2.34. The van der Waals surface area contributed by atoms with Gasteiger partial charge in [0.2, 0.25) is 15.9 Å². The van der Waals surface area contributed by atoms with E-state index in [1.54, 1.807) is 12.1 Å². The number of aromatic nitrogens is 1. The van der Waals surface area contributed by atoms with Crippen LogP contribution in [0.5, 0.6) is 0 Å². The first-order chi connectivity index (χ1) is 14.0. The molecule has 30 heavy (non-hydrogen) atoms. The average molecular weight is 464 g/mol. The third-order valence-corrected chi connectivity index (χ3v) is 7.05. The van der Waals surface area contributed by atoms with Gasteiger partial charge < -0.3 is 9.47 Å². The normalized spacial score (nSPS) is 15.9. The molecular formula is C18H17ClF3N3O4S. The van der Waals surface area contributed by atoms with Crippen molar-refractivity contribution >= 4 is 27.5 Å². The molecule has 3 rings (SSSR count). The van der Waals surface area contributed by atoms with E-state index in [0.717, 1.165) is 10.4 Å². The molecule has 1 fully saturated rings. The molecule has 7 nitrogen and oxygen atoms in total. The highest BCUT2D eigenvalue weighted by atomic mass is 35.5. The summed E-state index contributed by atoms with van der Waals surface area (Å²) in [4.78, 5) is 24.9. The fourth-order valence-electron chi connectivity index (χ4n) is 3.03. The molecule has 0 spiro atoms. The van der Waals surface area contributed by atoms with Gasteiger partial charge in [0.15, 0.2) is 0 Å². The van der Waals surface area contributed by atoms with E-state index in [0.29, 0.717) is 12.1 Å². The SMILES string of the molecule is O=C(Cn1ccccc1=O)N1CCN(S(=O)(=O)c2cc(C(F)(F)F)ccc2Cl)CC1. The van der Waals surface area contributed by atoms with Crippen molar-refractivity contribution in [2.24, 2.45) is 0 Å². The number of carbonyl (C=O) groups is 1. The van der Waals surface area contributed by atoms with Gasteiger partial charge in [-0.3, -0.25) is 9.59 Å². The lowest BCUT2D eigenvalue weighted by molar-refractivity contribution is -0.137. The first kappa shape index (κ1) is 22.3. The van der Waals surface area contributed by atoms with E-state index in [1.165, 1.54) is 21.7 Å². The van der Waals surface area contributed by atoms with Gasteiger partial charge in [-0.2, -0.15) is 17.5 Å². The number of pyridine rings is 1. The zero-order valence-electron chi connectivity index (χ0n) is 15.5. The Bertz CT molecular complexity index is 1110. The zero-order valence-corrected chi connectivity index (χ0v) is 17.0. The predicted octanol–water partition coefficient (Wildman–Crippen LogP) is 2.05. The van der Waals surface area contributed by atoms with Gasteiger partial charge in [-0.25, -0.2) is 8.42 Å². The minimum absolute atomic E-state index is 0.0379. The first-order valence-corrected chi connectivity index (χ1v) is 10.6. The van der Waals surface area contributed by atoms with Crippen molar-refractivity contribution in [3.63, 3.8) is 0 Å². The Morgan fingerprint density at radius 2 is 1.73 bits per heavy atom. The fourth-order valence-corrected chi connectivity index (χ4v) is 4.95. The van der Waals surface area contributed by atoms with Crippen molar-refractivity contribution in [3.05, 3.63) is 63.5 Å². The summed E-state index contributed by atoms with van der Waals surface area (Å²) in [5.41, 5.74) is -1.46. The van der Waals surface area contributed by atoms with Crippen LogP contribution in [0.15, 0.2) is 52.3 Å². The van der Waals surface area contributed by atoms with E-state index < -0.39 is 26.7 Å². The second-order valence-electron chi connectivity index (χ2n) is 6.59. The van der Waals surface area contributed by atoms with Crippen LogP contribution in [0.3, 0.4) is 0 Å². The molecule has 0 bridgehead atoms. The van der Waals surface area contributed by atoms with E-state index >= 15 is 0 Å². The zero-order chi connectivity index (χ0) is 22.1. The molecule has 1 aromatic carbocycles. The van der Waals surface area contributed by atoms with E-state index in [4.69, 9.17) is 11.6 Å². The van der Waals surface area contributed by atoms with Gasteiger partial charge in [-0.15, -0.1) is 0 Å². The third kappa shape index (κ3) is 4.68. The summed E-state index contributed by atoms with van der Waals surface area (Å²) in [5.74, 6) is -0.363. The number of nitrogens with zero attached hydrogens (tertiary/aromatic N) is 3. The second kappa shape index (κ2) is 8.40. The number of amides is 1. The second-order valence-corrected chi connectivity index (χ2v) is 8.91. The van der Waals surface area contributed by atoms with Crippen LogP contribution in [-0.4, -0.2) is 54.3 Å². The van der Waals surface area contributed by atoms with Gasteiger partial charge in [0.1, 0.15) is 11.4 Å². The monoisotopic (exact) mass is 463 g/mol. The lowest BCUT2D eigenvalue weighted by Crippen LogP contribution is -2.51. The summed E-state index contributed by atoms with van der Waals surface area (Å²) < 4.78 is 66.7. The van der Waals surface area contributed by atoms with Crippen LogP contribution < -0.4 is 5.56 Å². The molecule has 0 N–H and O–H groups in total. The summed E-state index contributed by atoms with van der Waals surface area (Å²) in [7, 11) is -4.28. The smallest absolute Gasteiger partial charge is 0.339 e. The summed E-state index contributed by atoms with van der Waals surface area (Å²) >= 11 is 5.86. The van der Waals surface area contributed by atoms with Crippen molar-refractivity contribution in [1.29, 1.82) is 0 Å². The van der Waals surface area contributed by atoms with Gasteiger partial charge in [-0.1, -0.05) is 17.7 Å². The number of alkyl halides is 3. The van der Waals surface area contributed by atoms with E-state index in [-0.39, 0.29) is 49.2 Å². The summed E-state index contributed by atoms with van der Waals surface area (Å²) in [6, 6.07) is 6.59. The number of carbonyl (C=O) groups excluding carboxylic acids is 1. The number of rotatable bonds is 4. The van der Waals surface area contributed by atoms with Gasteiger partial charge >= 0.3 is 6.18 Å². The van der Waals surface area contributed by atoms with Gasteiger partial charge in [0, 0.05) is 38.4 Å². The van der Waals surface area contributed by atoms with Crippen molar-refractivity contribution < 1.29 is 26.4 Å². The van der Waals surface area contributed by atoms with Crippen molar-refractivity contribution in [2.75, 3.05) is 26.2 Å². The van der Waals surface area contributed by atoms with Crippen LogP contribution in [0.4, 0.5) is 13.2 Å².